The van der Waals surface area contributed by atoms with Crippen LogP contribution in [0, 0.1) is 0 Å². The number of aryl methyl sites for hydroxylation is 1. The van der Waals surface area contributed by atoms with Crippen molar-refractivity contribution in [1.82, 2.24) is 15.1 Å². The summed E-state index contributed by atoms with van der Waals surface area (Å²) < 4.78 is 6.65. The zero-order valence-corrected chi connectivity index (χ0v) is 12.8. The molecule has 1 amide bonds. The number of amides is 1. The van der Waals surface area contributed by atoms with Crippen molar-refractivity contribution in [2.75, 3.05) is 5.88 Å². The zero-order valence-electron chi connectivity index (χ0n) is 12.0. The maximum Gasteiger partial charge on any atom is 0.408 e. The summed E-state index contributed by atoms with van der Waals surface area (Å²) in [5, 5.41) is 6.50. The molecule has 6 nitrogen and oxygen atoms in total. The summed E-state index contributed by atoms with van der Waals surface area (Å²) >= 11 is 5.59. The number of benzene rings is 1. The lowest BCUT2D eigenvalue weighted by Crippen LogP contribution is -2.34. The largest absolute Gasteiger partial charge is 0.445 e. The molecule has 0 fully saturated rings. The van der Waals surface area contributed by atoms with Crippen LogP contribution >= 0.6 is 11.6 Å². The van der Waals surface area contributed by atoms with Crippen LogP contribution in [0.15, 0.2) is 42.7 Å². The Hall–Kier alpha value is -2.34. The SMILES string of the molecule is Cn1cc(C(NC(=O)OCc2ccccc2)C(=O)CCl)cn1. The summed E-state index contributed by atoms with van der Waals surface area (Å²) in [4.78, 5) is 23.8. The second-order valence-corrected chi connectivity index (χ2v) is 4.95. The number of hydrogen-bond acceptors (Lipinski definition) is 4. The smallest absolute Gasteiger partial charge is 0.408 e. The lowest BCUT2D eigenvalue weighted by molar-refractivity contribution is -0.118. The first-order chi connectivity index (χ1) is 10.6. The predicted molar refractivity (Wildman–Crippen MR) is 81.4 cm³/mol. The molecule has 1 aromatic heterocycles. The van der Waals surface area contributed by atoms with Crippen molar-refractivity contribution in [3.63, 3.8) is 0 Å². The van der Waals surface area contributed by atoms with E-state index >= 15 is 0 Å². The van der Waals surface area contributed by atoms with Crippen LogP contribution in [0.2, 0.25) is 0 Å². The van der Waals surface area contributed by atoms with Crippen LogP contribution in [0.1, 0.15) is 17.2 Å². The highest BCUT2D eigenvalue weighted by Gasteiger charge is 2.23. The van der Waals surface area contributed by atoms with Crippen LogP contribution in [0.25, 0.3) is 0 Å². The highest BCUT2D eigenvalue weighted by molar-refractivity contribution is 6.28. The minimum atomic E-state index is -0.866. The van der Waals surface area contributed by atoms with Crippen molar-refractivity contribution < 1.29 is 14.3 Å². The topological polar surface area (TPSA) is 73.2 Å². The first-order valence-corrected chi connectivity index (χ1v) is 7.18. The molecule has 0 aliphatic rings. The van der Waals surface area contributed by atoms with E-state index in [0.29, 0.717) is 5.56 Å². The number of carbonyl (C=O) groups is 2. The van der Waals surface area contributed by atoms with Gasteiger partial charge < -0.3 is 10.1 Å². The van der Waals surface area contributed by atoms with Gasteiger partial charge in [0.05, 0.1) is 12.1 Å². The van der Waals surface area contributed by atoms with Crippen LogP contribution in [0.5, 0.6) is 0 Å². The summed E-state index contributed by atoms with van der Waals surface area (Å²) in [6.07, 6.45) is 2.47. The molecule has 1 N–H and O–H groups in total. The average molecular weight is 322 g/mol. The molecular weight excluding hydrogens is 306 g/mol. The van der Waals surface area contributed by atoms with Crippen molar-refractivity contribution in [1.29, 1.82) is 0 Å². The van der Waals surface area contributed by atoms with Gasteiger partial charge in [0, 0.05) is 18.8 Å². The maximum atomic E-state index is 11.9. The van der Waals surface area contributed by atoms with Gasteiger partial charge in [-0.25, -0.2) is 4.79 Å². The van der Waals surface area contributed by atoms with Gasteiger partial charge in [-0.05, 0) is 5.56 Å². The normalized spacial score (nSPS) is 11.7. The van der Waals surface area contributed by atoms with Gasteiger partial charge in [-0.3, -0.25) is 9.48 Å². The van der Waals surface area contributed by atoms with Crippen molar-refractivity contribution in [2.45, 2.75) is 12.6 Å². The molecular formula is C15H16ClN3O3. The molecule has 7 heteroatoms. The number of nitrogens with zero attached hydrogens (tertiary/aromatic N) is 2. The lowest BCUT2D eigenvalue weighted by Gasteiger charge is -2.15. The van der Waals surface area contributed by atoms with Gasteiger partial charge in [0.25, 0.3) is 0 Å². The Balaban J connectivity index is 1.98. The van der Waals surface area contributed by atoms with Crippen LogP contribution in [-0.4, -0.2) is 27.5 Å². The molecule has 1 atom stereocenters. The minimum absolute atomic E-state index is 0.126. The number of alkyl halides is 1. The zero-order chi connectivity index (χ0) is 15.9. The number of carbonyl (C=O) groups excluding carboxylic acids is 2. The number of Topliss-reactive ketones (excluding diaryl/α,β-unsaturated/α-hetero) is 1. The fourth-order valence-electron chi connectivity index (χ4n) is 1.90. The molecule has 1 aromatic carbocycles. The van der Waals surface area contributed by atoms with E-state index in [1.807, 2.05) is 30.3 Å². The van der Waals surface area contributed by atoms with E-state index in [1.165, 1.54) is 6.20 Å². The molecule has 0 saturated carbocycles. The number of ether oxygens (including phenoxy) is 1. The molecule has 0 spiro atoms. The average Bonchev–Trinajstić information content (AvgIpc) is 2.97. The van der Waals surface area contributed by atoms with Crippen molar-refractivity contribution >= 4 is 23.5 Å². The third-order valence-electron chi connectivity index (χ3n) is 2.99. The molecule has 2 rings (SSSR count). The van der Waals surface area contributed by atoms with E-state index in [1.54, 1.807) is 17.9 Å². The Kier molecular flexibility index (Phi) is 5.55. The van der Waals surface area contributed by atoms with E-state index in [4.69, 9.17) is 16.3 Å². The van der Waals surface area contributed by atoms with Crippen molar-refractivity contribution in [3.05, 3.63) is 53.9 Å². The van der Waals surface area contributed by atoms with Gasteiger partial charge in [0.15, 0.2) is 5.78 Å². The molecule has 1 unspecified atom stereocenters. The third kappa shape index (κ3) is 4.33. The summed E-state index contributed by atoms with van der Waals surface area (Å²) in [7, 11) is 1.72. The fraction of sp³-hybridized carbons (Fsp3) is 0.267. The highest BCUT2D eigenvalue weighted by Crippen LogP contribution is 2.14. The maximum absolute atomic E-state index is 11.9. The number of aromatic nitrogens is 2. The first-order valence-electron chi connectivity index (χ1n) is 6.64. The molecule has 0 radical (unpaired) electrons. The summed E-state index contributed by atoms with van der Waals surface area (Å²) in [5.41, 5.74) is 1.42. The fourth-order valence-corrected chi connectivity index (χ4v) is 2.05. The highest BCUT2D eigenvalue weighted by atomic mass is 35.5. The molecule has 0 saturated heterocycles. The molecule has 22 heavy (non-hydrogen) atoms. The van der Waals surface area contributed by atoms with E-state index in [9.17, 15) is 9.59 Å². The molecule has 0 aliphatic carbocycles. The first kappa shape index (κ1) is 16.0. The summed E-state index contributed by atoms with van der Waals surface area (Å²) in [5.74, 6) is -0.537. The molecule has 0 aliphatic heterocycles. The second-order valence-electron chi connectivity index (χ2n) is 4.69. The Labute approximate surface area is 133 Å². The monoisotopic (exact) mass is 321 g/mol. The summed E-state index contributed by atoms with van der Waals surface area (Å²) in [6, 6.07) is 8.40. The molecule has 1 heterocycles. The van der Waals surface area contributed by atoms with Gasteiger partial charge in [-0.15, -0.1) is 11.6 Å². The molecule has 116 valence electrons. The van der Waals surface area contributed by atoms with Crippen molar-refractivity contribution in [3.8, 4) is 0 Å². The van der Waals surface area contributed by atoms with Gasteiger partial charge in [0.2, 0.25) is 0 Å². The lowest BCUT2D eigenvalue weighted by atomic mass is 10.1. The quantitative estimate of drug-likeness (QED) is 0.828. The Morgan fingerprint density at radius 1 is 1.36 bits per heavy atom. The standard InChI is InChI=1S/C15H16ClN3O3/c1-19-9-12(8-17-19)14(13(20)7-16)18-15(21)22-10-11-5-3-2-4-6-11/h2-6,8-9,14H,7,10H2,1H3,(H,18,21). The van der Waals surface area contributed by atoms with Gasteiger partial charge in [0.1, 0.15) is 12.6 Å². The number of alkyl carbamates (subject to hydrolysis) is 1. The number of nitrogens with one attached hydrogen (secondary N) is 1. The number of hydrogen-bond donors (Lipinski definition) is 1. The Morgan fingerprint density at radius 2 is 2.09 bits per heavy atom. The van der Waals surface area contributed by atoms with E-state index in [-0.39, 0.29) is 18.3 Å². The number of ketones is 1. The van der Waals surface area contributed by atoms with E-state index in [0.717, 1.165) is 5.56 Å². The third-order valence-corrected chi connectivity index (χ3v) is 3.25. The van der Waals surface area contributed by atoms with Crippen molar-refractivity contribution in [2.24, 2.45) is 7.05 Å². The number of rotatable bonds is 6. The van der Waals surface area contributed by atoms with Gasteiger partial charge >= 0.3 is 6.09 Å². The Morgan fingerprint density at radius 3 is 2.68 bits per heavy atom. The molecule has 0 bridgehead atoms. The summed E-state index contributed by atoms with van der Waals surface area (Å²) in [6.45, 7) is 0.126. The van der Waals surface area contributed by atoms with E-state index < -0.39 is 12.1 Å². The van der Waals surface area contributed by atoms with Gasteiger partial charge in [-0.1, -0.05) is 30.3 Å². The van der Waals surface area contributed by atoms with Crippen LogP contribution < -0.4 is 5.32 Å². The van der Waals surface area contributed by atoms with Gasteiger partial charge in [-0.2, -0.15) is 5.10 Å². The minimum Gasteiger partial charge on any atom is -0.445 e. The second kappa shape index (κ2) is 7.61. The number of halogens is 1. The predicted octanol–water partition coefficient (Wildman–Crippen LogP) is 2.20. The van der Waals surface area contributed by atoms with Crippen LogP contribution in [-0.2, 0) is 23.2 Å². The van der Waals surface area contributed by atoms with E-state index in [2.05, 4.69) is 10.4 Å². The molecule has 2 aromatic rings. The van der Waals surface area contributed by atoms with Crippen LogP contribution in [0.3, 0.4) is 0 Å². The van der Waals surface area contributed by atoms with Crippen LogP contribution in [0.4, 0.5) is 4.79 Å². The Bertz CT molecular complexity index is 642.